The lowest BCUT2D eigenvalue weighted by Gasteiger charge is -2.25. The molecule has 6 atom stereocenters. The summed E-state index contributed by atoms with van der Waals surface area (Å²) in [6.45, 7) is 7.98. The van der Waals surface area contributed by atoms with Crippen LogP contribution in [0.5, 0.6) is 0 Å². The van der Waals surface area contributed by atoms with Gasteiger partial charge in [-0.1, -0.05) is 50.0 Å². The molecule has 190 valence electrons. The molecule has 0 rings (SSSR count). The van der Waals surface area contributed by atoms with E-state index in [4.69, 9.17) is 19.3 Å². The van der Waals surface area contributed by atoms with Crippen LogP contribution in [-0.4, -0.2) is 73.3 Å². The van der Waals surface area contributed by atoms with Crippen molar-refractivity contribution in [3.05, 3.63) is 0 Å². The van der Waals surface area contributed by atoms with Crippen molar-refractivity contribution in [2.75, 3.05) is 21.3 Å². The second kappa shape index (κ2) is 26.8. The van der Waals surface area contributed by atoms with Crippen LogP contribution in [0.4, 0.5) is 0 Å². The summed E-state index contributed by atoms with van der Waals surface area (Å²) in [5.41, 5.74) is 0. The molecule has 0 radical (unpaired) electrons. The van der Waals surface area contributed by atoms with Crippen molar-refractivity contribution >= 4 is 0 Å². The summed E-state index contributed by atoms with van der Waals surface area (Å²) >= 11 is 0. The molecule has 0 heterocycles. The second-order valence-electron chi connectivity index (χ2n) is 6.98. The fraction of sp³-hybridized carbons (Fsp3) is 1.00. The van der Waals surface area contributed by atoms with Gasteiger partial charge in [-0.25, -0.2) is 0 Å². The summed E-state index contributed by atoms with van der Waals surface area (Å²) in [4.78, 5) is 0. The molecule has 0 spiro atoms. The summed E-state index contributed by atoms with van der Waals surface area (Å²) in [6.07, 6.45) is 5.42. The zero-order chi connectivity index (χ0) is 21.2. The first kappa shape index (κ1) is 40.2. The van der Waals surface area contributed by atoms with E-state index < -0.39 is 12.2 Å². The van der Waals surface area contributed by atoms with Crippen LogP contribution in [0, 0.1) is 0 Å². The van der Waals surface area contributed by atoms with Crippen LogP contribution in [0.15, 0.2) is 0 Å². The SMILES string of the molecule is C.C.C.CCC(CCC(OC)C(CC)OC)OC.CCC(O)CCC(O)C(O)CC. The Balaban J connectivity index is -0.000000129. The zero-order valence-corrected chi connectivity index (χ0v) is 18.7. The minimum absolute atomic E-state index is 0. The highest BCUT2D eigenvalue weighted by atomic mass is 16.5. The summed E-state index contributed by atoms with van der Waals surface area (Å²) in [5, 5.41) is 27.6. The first-order chi connectivity index (χ1) is 12.8. The van der Waals surface area contributed by atoms with Gasteiger partial charge >= 0.3 is 0 Å². The van der Waals surface area contributed by atoms with Crippen molar-refractivity contribution in [3.63, 3.8) is 0 Å². The Bertz CT molecular complexity index is 295. The molecule has 0 fully saturated rings. The smallest absolute Gasteiger partial charge is 0.0833 e. The lowest BCUT2D eigenvalue weighted by molar-refractivity contribution is -0.0478. The average molecular weight is 443 g/mol. The molecule has 0 saturated heterocycles. The number of hydrogen-bond donors (Lipinski definition) is 3. The van der Waals surface area contributed by atoms with Gasteiger partial charge in [0.1, 0.15) is 0 Å². The molecular weight excluding hydrogens is 384 g/mol. The van der Waals surface area contributed by atoms with E-state index in [9.17, 15) is 10.2 Å². The normalized spacial score (nSPS) is 16.2. The lowest BCUT2D eigenvalue weighted by Crippen LogP contribution is -2.30. The molecule has 0 aromatic rings. The van der Waals surface area contributed by atoms with E-state index in [1.54, 1.807) is 21.3 Å². The molecule has 0 aliphatic carbocycles. The second-order valence-corrected chi connectivity index (χ2v) is 6.98. The maximum Gasteiger partial charge on any atom is 0.0833 e. The Morgan fingerprint density at radius 2 is 1.07 bits per heavy atom. The van der Waals surface area contributed by atoms with Gasteiger partial charge in [-0.3, -0.25) is 0 Å². The van der Waals surface area contributed by atoms with Crippen molar-refractivity contribution in [1.29, 1.82) is 0 Å². The van der Waals surface area contributed by atoms with E-state index >= 15 is 0 Å². The number of ether oxygens (including phenoxy) is 3. The lowest BCUT2D eigenvalue weighted by atomic mass is 10.0. The van der Waals surface area contributed by atoms with Crippen molar-refractivity contribution in [2.45, 2.75) is 138 Å². The molecule has 0 aliphatic rings. The van der Waals surface area contributed by atoms with Gasteiger partial charge in [0.15, 0.2) is 0 Å². The van der Waals surface area contributed by atoms with Crippen LogP contribution < -0.4 is 0 Å². The average Bonchev–Trinajstić information content (AvgIpc) is 2.71. The molecule has 0 aromatic heterocycles. The third-order valence-corrected chi connectivity index (χ3v) is 5.11. The molecule has 6 nitrogen and oxygen atoms in total. The summed E-state index contributed by atoms with van der Waals surface area (Å²) in [5.74, 6) is 0. The molecular formula is C24H58O6. The third-order valence-electron chi connectivity index (χ3n) is 5.11. The van der Waals surface area contributed by atoms with Gasteiger partial charge in [-0.15, -0.1) is 0 Å². The van der Waals surface area contributed by atoms with E-state index in [-0.39, 0.29) is 40.6 Å². The molecule has 0 aliphatic heterocycles. The topological polar surface area (TPSA) is 88.4 Å². The minimum Gasteiger partial charge on any atom is -0.393 e. The molecule has 6 heteroatoms. The Kier molecular flexibility index (Phi) is 35.9. The summed E-state index contributed by atoms with van der Waals surface area (Å²) in [7, 11) is 5.26. The van der Waals surface area contributed by atoms with Crippen molar-refractivity contribution in [1.82, 2.24) is 0 Å². The number of rotatable bonds is 15. The molecule has 6 unspecified atom stereocenters. The van der Waals surface area contributed by atoms with E-state index in [2.05, 4.69) is 13.8 Å². The molecule has 0 bridgehead atoms. The Morgan fingerprint density at radius 3 is 1.40 bits per heavy atom. The summed E-state index contributed by atoms with van der Waals surface area (Å²) in [6, 6.07) is 0. The first-order valence-electron chi connectivity index (χ1n) is 10.5. The number of aliphatic hydroxyl groups is 3. The van der Waals surface area contributed by atoms with E-state index in [0.29, 0.717) is 31.8 Å². The predicted molar refractivity (Wildman–Crippen MR) is 130 cm³/mol. The molecule has 0 amide bonds. The van der Waals surface area contributed by atoms with Gasteiger partial charge in [-0.2, -0.15) is 0 Å². The standard InChI is InChI=1S/C12H26O3.C9H20O3.3CH4/c1-6-10(13-3)8-9-12(15-5)11(7-2)14-4;1-3-7(10)5-6-9(12)8(11)4-2;;;/h10-12H,6-9H2,1-5H3;7-12H,3-6H2,1-2H3;3*1H4. The zero-order valence-electron chi connectivity index (χ0n) is 18.7. The largest absolute Gasteiger partial charge is 0.393 e. The van der Waals surface area contributed by atoms with Crippen LogP contribution in [0.2, 0.25) is 0 Å². The highest BCUT2D eigenvalue weighted by Crippen LogP contribution is 2.16. The number of hydrogen-bond acceptors (Lipinski definition) is 6. The fourth-order valence-corrected chi connectivity index (χ4v) is 2.91. The Labute approximate surface area is 189 Å². The van der Waals surface area contributed by atoms with Gasteiger partial charge in [0, 0.05) is 21.3 Å². The van der Waals surface area contributed by atoms with Gasteiger partial charge in [0.05, 0.1) is 36.6 Å². The van der Waals surface area contributed by atoms with Crippen LogP contribution in [0.3, 0.4) is 0 Å². The number of aliphatic hydroxyl groups excluding tert-OH is 3. The third kappa shape index (κ3) is 19.7. The Morgan fingerprint density at radius 1 is 0.533 bits per heavy atom. The molecule has 0 aromatic carbocycles. The van der Waals surface area contributed by atoms with Crippen molar-refractivity contribution < 1.29 is 29.5 Å². The quantitative estimate of drug-likeness (QED) is 0.323. The maximum absolute atomic E-state index is 9.30. The molecule has 3 N–H and O–H groups in total. The Hall–Kier alpha value is -0.240. The van der Waals surface area contributed by atoms with Gasteiger partial charge < -0.3 is 29.5 Å². The molecule has 0 saturated carbocycles. The highest BCUT2D eigenvalue weighted by molar-refractivity contribution is 4.71. The first-order valence-corrected chi connectivity index (χ1v) is 10.5. The van der Waals surface area contributed by atoms with Gasteiger partial charge in [0.2, 0.25) is 0 Å². The van der Waals surface area contributed by atoms with E-state index in [1.807, 2.05) is 13.8 Å². The van der Waals surface area contributed by atoms with Crippen LogP contribution in [0.25, 0.3) is 0 Å². The van der Waals surface area contributed by atoms with Crippen LogP contribution >= 0.6 is 0 Å². The fourth-order valence-electron chi connectivity index (χ4n) is 2.91. The summed E-state index contributed by atoms with van der Waals surface area (Å²) < 4.78 is 16.2. The predicted octanol–water partition coefficient (Wildman–Crippen LogP) is 5.21. The minimum atomic E-state index is -0.684. The van der Waals surface area contributed by atoms with Crippen LogP contribution in [-0.2, 0) is 14.2 Å². The van der Waals surface area contributed by atoms with Gasteiger partial charge in [0.25, 0.3) is 0 Å². The number of methoxy groups -OCH3 is 3. The van der Waals surface area contributed by atoms with E-state index in [0.717, 1.165) is 25.7 Å². The van der Waals surface area contributed by atoms with Crippen molar-refractivity contribution in [2.24, 2.45) is 0 Å². The monoisotopic (exact) mass is 442 g/mol. The maximum atomic E-state index is 9.30. The highest BCUT2D eigenvalue weighted by Gasteiger charge is 2.20. The van der Waals surface area contributed by atoms with Gasteiger partial charge in [-0.05, 0) is 51.4 Å². The van der Waals surface area contributed by atoms with Crippen LogP contribution in [0.1, 0.15) is 101 Å². The molecule has 30 heavy (non-hydrogen) atoms. The van der Waals surface area contributed by atoms with Crippen molar-refractivity contribution in [3.8, 4) is 0 Å². The van der Waals surface area contributed by atoms with E-state index in [1.165, 1.54) is 0 Å².